The van der Waals surface area contributed by atoms with Crippen LogP contribution in [0.4, 0.5) is 0 Å². The Morgan fingerprint density at radius 2 is 1.88 bits per heavy atom. The van der Waals surface area contributed by atoms with Gasteiger partial charge in [-0.1, -0.05) is 30.3 Å². The lowest BCUT2D eigenvalue weighted by Crippen LogP contribution is -2.33. The van der Waals surface area contributed by atoms with Crippen LogP contribution in [0.3, 0.4) is 0 Å². The summed E-state index contributed by atoms with van der Waals surface area (Å²) in [4.78, 5) is 27.5. The summed E-state index contributed by atoms with van der Waals surface area (Å²) in [6.07, 6.45) is 7.20. The maximum absolute atomic E-state index is 12.7. The summed E-state index contributed by atoms with van der Waals surface area (Å²) in [5.74, 6) is -0.0939. The van der Waals surface area contributed by atoms with Crippen LogP contribution in [-0.4, -0.2) is 17.4 Å². The van der Waals surface area contributed by atoms with Gasteiger partial charge in [0.15, 0.2) is 0 Å². The van der Waals surface area contributed by atoms with Crippen molar-refractivity contribution >= 4 is 5.91 Å². The highest BCUT2D eigenvalue weighted by Gasteiger charge is 2.42. The van der Waals surface area contributed by atoms with Gasteiger partial charge in [-0.15, -0.1) is 0 Å². The molecule has 2 N–H and O–H groups in total. The number of aromatic amines is 1. The van der Waals surface area contributed by atoms with Gasteiger partial charge in [0.25, 0.3) is 5.91 Å². The Bertz CT molecular complexity index is 835. The van der Waals surface area contributed by atoms with Crippen LogP contribution in [-0.2, 0) is 19.3 Å². The molecule has 25 heavy (non-hydrogen) atoms. The number of aryl methyl sites for hydroxylation is 1. The average Bonchev–Trinajstić information content (AvgIpc) is 3.39. The lowest BCUT2D eigenvalue weighted by atomic mass is 9.91. The molecule has 4 heteroatoms. The van der Waals surface area contributed by atoms with Gasteiger partial charge in [-0.25, -0.2) is 0 Å². The Morgan fingerprint density at radius 1 is 1.12 bits per heavy atom. The topological polar surface area (TPSA) is 62.0 Å². The summed E-state index contributed by atoms with van der Waals surface area (Å²) >= 11 is 0. The molecule has 0 spiro atoms. The predicted molar refractivity (Wildman–Crippen MR) is 97.9 cm³/mol. The van der Waals surface area contributed by atoms with Gasteiger partial charge in [0.2, 0.25) is 5.56 Å². The normalized spacial score (nSPS) is 17.6. The number of carbonyl (C=O) groups is 1. The fourth-order valence-electron chi connectivity index (χ4n) is 3.93. The van der Waals surface area contributed by atoms with E-state index >= 15 is 0 Å². The molecule has 0 bridgehead atoms. The molecule has 0 radical (unpaired) electrons. The van der Waals surface area contributed by atoms with Crippen LogP contribution in [0, 0.1) is 5.41 Å². The predicted octanol–water partition coefficient (Wildman–Crippen LogP) is 3.01. The van der Waals surface area contributed by atoms with Crippen molar-refractivity contribution in [1.82, 2.24) is 10.3 Å². The van der Waals surface area contributed by atoms with E-state index in [1.165, 1.54) is 11.6 Å². The van der Waals surface area contributed by atoms with E-state index in [2.05, 4.69) is 34.6 Å². The molecule has 1 fully saturated rings. The molecule has 4 rings (SSSR count). The van der Waals surface area contributed by atoms with E-state index in [1.54, 1.807) is 0 Å². The molecule has 1 amide bonds. The number of H-pyrrole nitrogens is 1. The van der Waals surface area contributed by atoms with Gasteiger partial charge in [-0.2, -0.15) is 0 Å². The molecular weight excluding hydrogens is 312 g/mol. The molecule has 2 aliphatic carbocycles. The van der Waals surface area contributed by atoms with Gasteiger partial charge in [0, 0.05) is 23.9 Å². The third-order valence-corrected chi connectivity index (χ3v) is 5.59. The first-order valence-corrected chi connectivity index (χ1v) is 9.22. The van der Waals surface area contributed by atoms with E-state index in [0.717, 1.165) is 56.2 Å². The minimum atomic E-state index is -0.170. The number of fused-ring (bicyclic) bond motifs is 1. The molecule has 130 valence electrons. The van der Waals surface area contributed by atoms with Crippen molar-refractivity contribution in [3.05, 3.63) is 69.1 Å². The van der Waals surface area contributed by atoms with Crippen LogP contribution < -0.4 is 10.9 Å². The molecular formula is C21H24N2O2. The quantitative estimate of drug-likeness (QED) is 0.882. The number of rotatable bonds is 5. The highest BCUT2D eigenvalue weighted by Crippen LogP contribution is 2.47. The first kappa shape index (κ1) is 16.1. The molecule has 1 aromatic carbocycles. The minimum Gasteiger partial charge on any atom is -0.351 e. The molecule has 1 saturated carbocycles. The van der Waals surface area contributed by atoms with Crippen molar-refractivity contribution < 1.29 is 4.79 Å². The number of benzene rings is 1. The second-order valence-electron chi connectivity index (χ2n) is 7.56. The maximum Gasteiger partial charge on any atom is 0.251 e. The highest BCUT2D eigenvalue weighted by atomic mass is 16.2. The van der Waals surface area contributed by atoms with Crippen molar-refractivity contribution in [3.8, 4) is 0 Å². The van der Waals surface area contributed by atoms with Gasteiger partial charge >= 0.3 is 0 Å². The number of hydrogen-bond acceptors (Lipinski definition) is 2. The number of carbonyl (C=O) groups excluding carboxylic acids is 1. The number of hydrogen-bond donors (Lipinski definition) is 2. The fourth-order valence-corrected chi connectivity index (χ4v) is 3.93. The maximum atomic E-state index is 12.7. The molecule has 2 aromatic rings. The molecule has 4 nitrogen and oxygen atoms in total. The van der Waals surface area contributed by atoms with E-state index in [0.29, 0.717) is 12.1 Å². The summed E-state index contributed by atoms with van der Waals surface area (Å²) in [6.45, 7) is 0.683. The zero-order valence-electron chi connectivity index (χ0n) is 14.4. The molecule has 1 aromatic heterocycles. The van der Waals surface area contributed by atoms with Crippen molar-refractivity contribution in [2.45, 2.75) is 44.9 Å². The van der Waals surface area contributed by atoms with Crippen LogP contribution in [0.25, 0.3) is 0 Å². The van der Waals surface area contributed by atoms with Crippen LogP contribution in [0.15, 0.2) is 41.2 Å². The molecule has 2 aliphatic rings. The van der Waals surface area contributed by atoms with E-state index in [9.17, 15) is 9.59 Å². The third kappa shape index (κ3) is 3.53. The molecule has 0 aliphatic heterocycles. The van der Waals surface area contributed by atoms with Crippen molar-refractivity contribution in [2.24, 2.45) is 5.41 Å². The Hall–Kier alpha value is -2.36. The van der Waals surface area contributed by atoms with Crippen LogP contribution in [0.1, 0.15) is 52.9 Å². The zero-order chi connectivity index (χ0) is 17.3. The molecule has 0 unspecified atom stereocenters. The summed E-state index contributed by atoms with van der Waals surface area (Å²) < 4.78 is 0. The standard InChI is InChI=1S/C21H24N2O2/c24-19-12-17(16-8-4-5-9-18(16)23-19)20(25)22-14-21(10-11-21)13-15-6-2-1-3-7-15/h1-3,6-7,12H,4-5,8-11,13-14H2,(H,22,25)(H,23,24). The molecule has 0 atom stereocenters. The average molecular weight is 336 g/mol. The Labute approximate surface area is 147 Å². The lowest BCUT2D eigenvalue weighted by molar-refractivity contribution is 0.0943. The van der Waals surface area contributed by atoms with Crippen molar-refractivity contribution in [1.29, 1.82) is 0 Å². The summed E-state index contributed by atoms with van der Waals surface area (Å²) in [7, 11) is 0. The summed E-state index contributed by atoms with van der Waals surface area (Å²) in [5.41, 5.74) is 3.91. The van der Waals surface area contributed by atoms with Gasteiger partial charge in [-0.3, -0.25) is 9.59 Å². The van der Waals surface area contributed by atoms with Gasteiger partial charge in [0.1, 0.15) is 0 Å². The number of pyridine rings is 1. The van der Waals surface area contributed by atoms with Crippen LogP contribution in [0.5, 0.6) is 0 Å². The van der Waals surface area contributed by atoms with Crippen LogP contribution in [0.2, 0.25) is 0 Å². The van der Waals surface area contributed by atoms with E-state index in [1.807, 2.05) is 6.07 Å². The number of aromatic nitrogens is 1. The third-order valence-electron chi connectivity index (χ3n) is 5.59. The highest BCUT2D eigenvalue weighted by molar-refractivity contribution is 5.95. The van der Waals surface area contributed by atoms with Gasteiger partial charge < -0.3 is 10.3 Å². The second kappa shape index (κ2) is 6.51. The lowest BCUT2D eigenvalue weighted by Gasteiger charge is -2.20. The monoisotopic (exact) mass is 336 g/mol. The summed E-state index contributed by atoms with van der Waals surface area (Å²) in [6, 6.07) is 11.9. The van der Waals surface area contributed by atoms with Gasteiger partial charge in [-0.05, 0) is 61.5 Å². The van der Waals surface area contributed by atoms with Crippen LogP contribution >= 0.6 is 0 Å². The SMILES string of the molecule is O=C(NCC1(Cc2ccccc2)CC1)c1cc(=O)[nH]c2c1CCCC2. The van der Waals surface area contributed by atoms with Crippen molar-refractivity contribution in [2.75, 3.05) is 6.54 Å². The summed E-state index contributed by atoms with van der Waals surface area (Å²) in [5, 5.41) is 3.11. The zero-order valence-corrected chi connectivity index (χ0v) is 14.4. The Morgan fingerprint density at radius 3 is 2.64 bits per heavy atom. The molecule has 1 heterocycles. The Balaban J connectivity index is 1.46. The molecule has 0 saturated heterocycles. The minimum absolute atomic E-state index is 0.0939. The first-order chi connectivity index (χ1) is 12.2. The van der Waals surface area contributed by atoms with E-state index in [-0.39, 0.29) is 16.9 Å². The fraction of sp³-hybridized carbons (Fsp3) is 0.429. The largest absolute Gasteiger partial charge is 0.351 e. The smallest absolute Gasteiger partial charge is 0.251 e. The van der Waals surface area contributed by atoms with Gasteiger partial charge in [0.05, 0.1) is 0 Å². The first-order valence-electron chi connectivity index (χ1n) is 9.22. The number of nitrogens with one attached hydrogen (secondary N) is 2. The second-order valence-corrected chi connectivity index (χ2v) is 7.56. The number of amides is 1. The van der Waals surface area contributed by atoms with E-state index < -0.39 is 0 Å². The van der Waals surface area contributed by atoms with Crippen molar-refractivity contribution in [3.63, 3.8) is 0 Å². The Kier molecular flexibility index (Phi) is 4.20. The van der Waals surface area contributed by atoms with E-state index in [4.69, 9.17) is 0 Å².